The lowest BCUT2D eigenvalue weighted by Crippen LogP contribution is -2.35. The molecule has 0 aromatic heterocycles. The molecular weight excluding hydrogens is 476 g/mol. The van der Waals surface area contributed by atoms with Gasteiger partial charge in [0.25, 0.3) is 10.0 Å². The molecule has 122 valence electrons. The van der Waals surface area contributed by atoms with Crippen molar-refractivity contribution in [2.45, 2.75) is 4.90 Å². The minimum Gasteiger partial charge on any atom is -0.480 e. The van der Waals surface area contributed by atoms with Crippen molar-refractivity contribution in [2.75, 3.05) is 10.8 Å². The molecule has 2 aromatic rings. The van der Waals surface area contributed by atoms with Gasteiger partial charge in [0.15, 0.2) is 0 Å². The van der Waals surface area contributed by atoms with Crippen LogP contribution in [0.1, 0.15) is 0 Å². The highest BCUT2D eigenvalue weighted by molar-refractivity contribution is 14.1. The molecule has 0 saturated heterocycles. The molecule has 2 rings (SSSR count). The van der Waals surface area contributed by atoms with Gasteiger partial charge in [-0.05, 0) is 65.1 Å². The van der Waals surface area contributed by atoms with Gasteiger partial charge in [-0.3, -0.25) is 9.10 Å². The predicted octanol–water partition coefficient (Wildman–Crippen LogP) is 3.88. The quantitative estimate of drug-likeness (QED) is 0.652. The van der Waals surface area contributed by atoms with Gasteiger partial charge < -0.3 is 5.11 Å². The first kappa shape index (κ1) is 18.3. The fourth-order valence-electron chi connectivity index (χ4n) is 1.84. The Hall–Kier alpha value is -1.03. The Balaban J connectivity index is 2.59. The Bertz CT molecular complexity index is 840. The Morgan fingerprint density at radius 3 is 2.30 bits per heavy atom. The molecule has 5 nitrogen and oxygen atoms in total. The molecule has 0 radical (unpaired) electrons. The molecule has 0 aliphatic carbocycles. The summed E-state index contributed by atoms with van der Waals surface area (Å²) >= 11 is 13.9. The van der Waals surface area contributed by atoms with Gasteiger partial charge in [-0.1, -0.05) is 23.2 Å². The van der Waals surface area contributed by atoms with Crippen molar-refractivity contribution >= 4 is 67.5 Å². The van der Waals surface area contributed by atoms with Crippen molar-refractivity contribution in [3.63, 3.8) is 0 Å². The fraction of sp³-hybridized carbons (Fsp3) is 0.0714. The van der Waals surface area contributed by atoms with Gasteiger partial charge >= 0.3 is 5.97 Å². The average Bonchev–Trinajstić information content (AvgIpc) is 2.48. The second-order valence-electron chi connectivity index (χ2n) is 4.46. The van der Waals surface area contributed by atoms with Gasteiger partial charge in [-0.25, -0.2) is 8.42 Å². The third-order valence-electron chi connectivity index (χ3n) is 2.85. The van der Waals surface area contributed by atoms with E-state index >= 15 is 0 Å². The first-order chi connectivity index (χ1) is 10.7. The van der Waals surface area contributed by atoms with Crippen LogP contribution in [0.2, 0.25) is 10.0 Å². The molecule has 1 N–H and O–H groups in total. The highest BCUT2D eigenvalue weighted by Crippen LogP contribution is 2.30. The summed E-state index contributed by atoms with van der Waals surface area (Å²) < 4.78 is 27.4. The fourth-order valence-corrected chi connectivity index (χ4v) is 4.35. The molecular formula is C14H10Cl2INO4S. The zero-order chi connectivity index (χ0) is 17.2. The van der Waals surface area contributed by atoms with Crippen molar-refractivity contribution in [3.8, 4) is 0 Å². The summed E-state index contributed by atoms with van der Waals surface area (Å²) in [6, 6.07) is 10.4. The predicted molar refractivity (Wildman–Crippen MR) is 97.8 cm³/mol. The van der Waals surface area contributed by atoms with E-state index in [4.69, 9.17) is 28.3 Å². The smallest absolute Gasteiger partial charge is 0.324 e. The number of hydrogen-bond acceptors (Lipinski definition) is 3. The number of carbonyl (C=O) groups is 1. The van der Waals surface area contributed by atoms with Crippen LogP contribution < -0.4 is 4.31 Å². The molecule has 23 heavy (non-hydrogen) atoms. The molecule has 0 unspecified atom stereocenters. The molecule has 0 aliphatic rings. The number of carboxylic acid groups (broad SMARTS) is 1. The number of aliphatic carboxylic acids is 1. The van der Waals surface area contributed by atoms with E-state index in [0.29, 0.717) is 0 Å². The molecule has 2 aromatic carbocycles. The number of halogens is 3. The van der Waals surface area contributed by atoms with Crippen LogP contribution in [-0.4, -0.2) is 26.0 Å². The minimum absolute atomic E-state index is 0.0321. The second kappa shape index (κ2) is 7.25. The SMILES string of the molecule is O=C(O)CN(c1ccc(I)cc1)S(=O)(=O)c1cc(Cl)ccc1Cl. The summed E-state index contributed by atoms with van der Waals surface area (Å²) in [6.45, 7) is -0.730. The summed E-state index contributed by atoms with van der Waals surface area (Å²) in [4.78, 5) is 10.9. The maximum Gasteiger partial charge on any atom is 0.324 e. The number of nitrogens with zero attached hydrogens (tertiary/aromatic N) is 1. The number of rotatable bonds is 5. The van der Waals surface area contributed by atoms with Crippen LogP contribution in [0.25, 0.3) is 0 Å². The molecule has 0 aliphatic heterocycles. The third-order valence-corrected chi connectivity index (χ3v) is 6.06. The number of anilines is 1. The second-order valence-corrected chi connectivity index (χ2v) is 8.38. The Kier molecular flexibility index (Phi) is 5.77. The molecule has 0 amide bonds. The van der Waals surface area contributed by atoms with Gasteiger partial charge in [0.1, 0.15) is 11.4 Å². The molecule has 0 heterocycles. The van der Waals surface area contributed by atoms with Crippen molar-refractivity contribution in [3.05, 3.63) is 56.1 Å². The highest BCUT2D eigenvalue weighted by Gasteiger charge is 2.29. The lowest BCUT2D eigenvalue weighted by Gasteiger charge is -2.23. The largest absolute Gasteiger partial charge is 0.480 e. The number of benzene rings is 2. The lowest BCUT2D eigenvalue weighted by atomic mass is 10.3. The molecule has 9 heteroatoms. The first-order valence-electron chi connectivity index (χ1n) is 6.17. The lowest BCUT2D eigenvalue weighted by molar-refractivity contribution is -0.135. The minimum atomic E-state index is -4.18. The summed E-state index contributed by atoms with van der Waals surface area (Å²) in [5.74, 6) is -1.29. The molecule has 0 saturated carbocycles. The molecule has 0 fully saturated rings. The maximum absolute atomic E-state index is 12.8. The summed E-state index contributed by atoms with van der Waals surface area (Å²) in [6.07, 6.45) is 0. The van der Waals surface area contributed by atoms with Crippen molar-refractivity contribution in [2.24, 2.45) is 0 Å². The molecule has 0 bridgehead atoms. The van der Waals surface area contributed by atoms with E-state index < -0.39 is 22.5 Å². The van der Waals surface area contributed by atoms with Gasteiger partial charge in [-0.2, -0.15) is 0 Å². The van der Waals surface area contributed by atoms with Crippen LogP contribution in [-0.2, 0) is 14.8 Å². The first-order valence-corrected chi connectivity index (χ1v) is 9.44. The summed E-state index contributed by atoms with van der Waals surface area (Å²) in [5.41, 5.74) is 0.226. The van der Waals surface area contributed by atoms with Crippen LogP contribution >= 0.6 is 45.8 Å². The Morgan fingerprint density at radius 1 is 1.13 bits per heavy atom. The summed E-state index contributed by atoms with van der Waals surface area (Å²) in [5, 5.41) is 9.22. The monoisotopic (exact) mass is 485 g/mol. The van der Waals surface area contributed by atoms with E-state index in [1.165, 1.54) is 30.3 Å². The normalized spacial score (nSPS) is 11.3. The zero-order valence-corrected chi connectivity index (χ0v) is 15.9. The van der Waals surface area contributed by atoms with Crippen LogP contribution in [0.4, 0.5) is 5.69 Å². The highest BCUT2D eigenvalue weighted by atomic mass is 127. The summed E-state index contributed by atoms with van der Waals surface area (Å²) in [7, 11) is -4.18. The Labute approximate surface area is 157 Å². The van der Waals surface area contributed by atoms with Crippen molar-refractivity contribution in [1.29, 1.82) is 0 Å². The number of sulfonamides is 1. The van der Waals surface area contributed by atoms with Crippen molar-refractivity contribution < 1.29 is 18.3 Å². The van der Waals surface area contributed by atoms with E-state index in [0.717, 1.165) is 7.88 Å². The van der Waals surface area contributed by atoms with E-state index in [2.05, 4.69) is 22.6 Å². The number of hydrogen-bond donors (Lipinski definition) is 1. The Morgan fingerprint density at radius 2 is 1.74 bits per heavy atom. The van der Waals surface area contributed by atoms with E-state index in [1.54, 1.807) is 12.1 Å². The van der Waals surface area contributed by atoms with Crippen LogP contribution in [0.5, 0.6) is 0 Å². The van der Waals surface area contributed by atoms with Crippen LogP contribution in [0.3, 0.4) is 0 Å². The van der Waals surface area contributed by atoms with E-state index in [9.17, 15) is 13.2 Å². The topological polar surface area (TPSA) is 74.7 Å². The van der Waals surface area contributed by atoms with E-state index in [-0.39, 0.29) is 20.6 Å². The third kappa shape index (κ3) is 4.28. The van der Waals surface area contributed by atoms with Gasteiger partial charge in [0.05, 0.1) is 10.7 Å². The molecule has 0 spiro atoms. The van der Waals surface area contributed by atoms with E-state index in [1.807, 2.05) is 0 Å². The average molecular weight is 486 g/mol. The van der Waals surface area contributed by atoms with Gasteiger partial charge in [0.2, 0.25) is 0 Å². The van der Waals surface area contributed by atoms with Crippen LogP contribution in [0, 0.1) is 3.57 Å². The molecule has 0 atom stereocenters. The standard InChI is InChI=1S/C14H10Cl2INO4S/c15-9-1-6-12(16)13(7-9)23(21,22)18(8-14(19)20)11-4-2-10(17)3-5-11/h1-7H,8H2,(H,19,20). The van der Waals surface area contributed by atoms with Gasteiger partial charge in [0, 0.05) is 8.59 Å². The maximum atomic E-state index is 12.8. The van der Waals surface area contributed by atoms with Crippen LogP contribution in [0.15, 0.2) is 47.4 Å². The zero-order valence-electron chi connectivity index (χ0n) is 11.4. The van der Waals surface area contributed by atoms with Gasteiger partial charge in [-0.15, -0.1) is 0 Å². The van der Waals surface area contributed by atoms with Crippen molar-refractivity contribution in [1.82, 2.24) is 0 Å². The number of carboxylic acids is 1.